The highest BCUT2D eigenvalue weighted by molar-refractivity contribution is 7.89. The number of sulfonamides is 1. The third kappa shape index (κ3) is 6.39. The fourth-order valence-corrected chi connectivity index (χ4v) is 2.30. The lowest BCUT2D eigenvalue weighted by Crippen LogP contribution is -2.31. The Morgan fingerprint density at radius 2 is 1.95 bits per heavy atom. The average molecular weight is 302 g/mol. The van der Waals surface area contributed by atoms with E-state index in [1.54, 1.807) is 24.3 Å². The van der Waals surface area contributed by atoms with Crippen LogP contribution in [0.15, 0.2) is 24.3 Å². The second-order valence-electron chi connectivity index (χ2n) is 3.96. The first-order valence-corrected chi connectivity index (χ1v) is 7.60. The van der Waals surface area contributed by atoms with Crippen LogP contribution in [-0.4, -0.2) is 40.4 Å². The number of anilines is 1. The summed E-state index contributed by atoms with van der Waals surface area (Å²) in [6.07, 6.45) is -0.176. The van der Waals surface area contributed by atoms with E-state index >= 15 is 0 Å². The van der Waals surface area contributed by atoms with E-state index in [-0.39, 0.29) is 25.3 Å². The number of carbonyl (C=O) groups is 1. The molecule has 7 nitrogen and oxygen atoms in total. The van der Waals surface area contributed by atoms with Crippen LogP contribution < -0.4 is 15.2 Å². The molecular weight excluding hydrogens is 284 g/mol. The molecule has 0 aliphatic heterocycles. The Balaban J connectivity index is 2.26. The SMILES string of the molecule is COC(=O)CCS(=O)(=O)NCCOc1ccc(N)cc1. The number of carbonyl (C=O) groups excluding carboxylic acids is 1. The first-order valence-electron chi connectivity index (χ1n) is 5.95. The highest BCUT2D eigenvalue weighted by Gasteiger charge is 2.12. The maximum absolute atomic E-state index is 11.5. The van der Waals surface area contributed by atoms with E-state index in [9.17, 15) is 13.2 Å². The van der Waals surface area contributed by atoms with E-state index in [0.29, 0.717) is 11.4 Å². The average Bonchev–Trinajstić information content (AvgIpc) is 2.43. The number of rotatable bonds is 8. The molecule has 0 fully saturated rings. The molecule has 0 unspecified atom stereocenters. The number of esters is 1. The smallest absolute Gasteiger partial charge is 0.306 e. The minimum Gasteiger partial charge on any atom is -0.492 e. The van der Waals surface area contributed by atoms with Gasteiger partial charge in [0.25, 0.3) is 0 Å². The van der Waals surface area contributed by atoms with Crippen molar-refractivity contribution in [3.8, 4) is 5.75 Å². The van der Waals surface area contributed by atoms with E-state index in [0.717, 1.165) is 0 Å². The van der Waals surface area contributed by atoms with Crippen molar-refractivity contribution in [1.29, 1.82) is 0 Å². The number of hydrogen-bond acceptors (Lipinski definition) is 6. The molecule has 0 radical (unpaired) electrons. The van der Waals surface area contributed by atoms with E-state index < -0.39 is 16.0 Å². The highest BCUT2D eigenvalue weighted by atomic mass is 32.2. The Kier molecular flexibility index (Phi) is 6.26. The predicted molar refractivity (Wildman–Crippen MR) is 74.8 cm³/mol. The zero-order valence-corrected chi connectivity index (χ0v) is 12.0. The van der Waals surface area contributed by atoms with E-state index in [1.165, 1.54) is 7.11 Å². The van der Waals surface area contributed by atoms with Crippen LogP contribution in [0.2, 0.25) is 0 Å². The Bertz CT molecular complexity index is 527. The number of ether oxygens (including phenoxy) is 2. The first kappa shape index (κ1) is 16.3. The van der Waals surface area contributed by atoms with Crippen molar-refractivity contribution in [3.05, 3.63) is 24.3 Å². The molecule has 1 aromatic carbocycles. The van der Waals surface area contributed by atoms with Gasteiger partial charge in [0.05, 0.1) is 19.3 Å². The summed E-state index contributed by atoms with van der Waals surface area (Å²) in [5.41, 5.74) is 6.15. The van der Waals surface area contributed by atoms with Crippen LogP contribution in [0.1, 0.15) is 6.42 Å². The molecule has 0 aromatic heterocycles. The number of methoxy groups -OCH3 is 1. The van der Waals surface area contributed by atoms with E-state index in [4.69, 9.17) is 10.5 Å². The van der Waals surface area contributed by atoms with Crippen LogP contribution in [-0.2, 0) is 19.6 Å². The molecule has 0 heterocycles. The molecule has 1 rings (SSSR count). The molecular formula is C12H18N2O5S. The minimum atomic E-state index is -3.50. The Hall–Kier alpha value is -1.80. The fraction of sp³-hybridized carbons (Fsp3) is 0.417. The molecule has 0 saturated heterocycles. The maximum atomic E-state index is 11.5. The maximum Gasteiger partial charge on any atom is 0.306 e. The van der Waals surface area contributed by atoms with Gasteiger partial charge in [-0.25, -0.2) is 13.1 Å². The monoisotopic (exact) mass is 302 g/mol. The summed E-state index contributed by atoms with van der Waals surface area (Å²) in [6, 6.07) is 6.77. The van der Waals surface area contributed by atoms with Gasteiger partial charge in [0.2, 0.25) is 10.0 Å². The predicted octanol–water partition coefficient (Wildman–Crippen LogP) is 0.130. The van der Waals surface area contributed by atoms with Gasteiger partial charge in [-0.05, 0) is 24.3 Å². The van der Waals surface area contributed by atoms with Crippen molar-refractivity contribution in [2.45, 2.75) is 6.42 Å². The third-order valence-electron chi connectivity index (χ3n) is 2.38. The Labute approximate surface area is 118 Å². The second-order valence-corrected chi connectivity index (χ2v) is 5.88. The zero-order valence-electron chi connectivity index (χ0n) is 11.2. The molecule has 0 aliphatic rings. The van der Waals surface area contributed by atoms with Gasteiger partial charge >= 0.3 is 5.97 Å². The summed E-state index contributed by atoms with van der Waals surface area (Å²) in [4.78, 5) is 10.9. The summed E-state index contributed by atoms with van der Waals surface area (Å²) in [6.45, 7) is 0.301. The summed E-state index contributed by atoms with van der Waals surface area (Å²) >= 11 is 0. The largest absolute Gasteiger partial charge is 0.492 e. The van der Waals surface area contributed by atoms with Gasteiger partial charge in [-0.1, -0.05) is 0 Å². The molecule has 0 spiro atoms. The molecule has 1 aromatic rings. The lowest BCUT2D eigenvalue weighted by atomic mass is 10.3. The van der Waals surface area contributed by atoms with Crippen molar-refractivity contribution >= 4 is 21.7 Å². The highest BCUT2D eigenvalue weighted by Crippen LogP contribution is 2.12. The quantitative estimate of drug-likeness (QED) is 0.401. The molecule has 3 N–H and O–H groups in total. The first-order chi connectivity index (χ1) is 9.43. The van der Waals surface area contributed by atoms with Crippen molar-refractivity contribution < 1.29 is 22.7 Å². The molecule has 112 valence electrons. The van der Waals surface area contributed by atoms with Gasteiger partial charge in [-0.2, -0.15) is 0 Å². The lowest BCUT2D eigenvalue weighted by molar-refractivity contribution is -0.140. The van der Waals surface area contributed by atoms with Crippen LogP contribution in [0.3, 0.4) is 0 Å². The van der Waals surface area contributed by atoms with E-state index in [2.05, 4.69) is 9.46 Å². The minimum absolute atomic E-state index is 0.119. The van der Waals surface area contributed by atoms with Gasteiger partial charge in [0.15, 0.2) is 0 Å². The molecule has 8 heteroatoms. The molecule has 0 atom stereocenters. The van der Waals surface area contributed by atoms with Gasteiger partial charge in [-0.15, -0.1) is 0 Å². The van der Waals surface area contributed by atoms with Gasteiger partial charge < -0.3 is 15.2 Å². The normalized spacial score (nSPS) is 11.1. The summed E-state index contributed by atoms with van der Waals surface area (Å²) in [7, 11) is -2.29. The number of benzene rings is 1. The zero-order chi connectivity index (χ0) is 15.0. The molecule has 0 amide bonds. The lowest BCUT2D eigenvalue weighted by Gasteiger charge is -2.08. The van der Waals surface area contributed by atoms with Gasteiger partial charge in [0, 0.05) is 12.2 Å². The number of hydrogen-bond donors (Lipinski definition) is 2. The van der Waals surface area contributed by atoms with Crippen LogP contribution in [0, 0.1) is 0 Å². The second kappa shape index (κ2) is 7.71. The van der Waals surface area contributed by atoms with Crippen LogP contribution in [0.4, 0.5) is 5.69 Å². The molecule has 0 aliphatic carbocycles. The molecule has 20 heavy (non-hydrogen) atoms. The van der Waals surface area contributed by atoms with Crippen LogP contribution in [0.5, 0.6) is 5.75 Å². The molecule has 0 saturated carbocycles. The number of nitrogen functional groups attached to an aromatic ring is 1. The van der Waals surface area contributed by atoms with Crippen molar-refractivity contribution in [3.63, 3.8) is 0 Å². The number of nitrogens with two attached hydrogens (primary N) is 1. The van der Waals surface area contributed by atoms with Gasteiger partial charge in [0.1, 0.15) is 12.4 Å². The molecule has 0 bridgehead atoms. The van der Waals surface area contributed by atoms with Crippen molar-refractivity contribution in [1.82, 2.24) is 4.72 Å². The van der Waals surface area contributed by atoms with E-state index in [1.807, 2.05) is 0 Å². The van der Waals surface area contributed by atoms with Crippen LogP contribution >= 0.6 is 0 Å². The summed E-state index contributed by atoms with van der Waals surface area (Å²) in [5, 5.41) is 0. The van der Waals surface area contributed by atoms with Crippen molar-refractivity contribution in [2.24, 2.45) is 0 Å². The third-order valence-corrected chi connectivity index (χ3v) is 3.76. The summed E-state index contributed by atoms with van der Waals surface area (Å²) in [5.74, 6) is -0.261. The Morgan fingerprint density at radius 1 is 1.30 bits per heavy atom. The topological polar surface area (TPSA) is 108 Å². The Morgan fingerprint density at radius 3 is 2.55 bits per heavy atom. The van der Waals surface area contributed by atoms with Crippen LogP contribution in [0.25, 0.3) is 0 Å². The van der Waals surface area contributed by atoms with Gasteiger partial charge in [-0.3, -0.25) is 4.79 Å². The summed E-state index contributed by atoms with van der Waals surface area (Å²) < 4.78 is 35.1. The van der Waals surface area contributed by atoms with Crippen molar-refractivity contribution in [2.75, 3.05) is 31.7 Å². The standard InChI is InChI=1S/C12H18N2O5S/c1-18-12(15)6-9-20(16,17)14-7-8-19-11-4-2-10(13)3-5-11/h2-5,14H,6-9,13H2,1H3. The fourth-order valence-electron chi connectivity index (χ4n) is 1.32. The number of nitrogens with one attached hydrogen (secondary N) is 1.